The lowest BCUT2D eigenvalue weighted by molar-refractivity contribution is -0.140. The molecule has 0 bridgehead atoms. The summed E-state index contributed by atoms with van der Waals surface area (Å²) in [6.07, 6.45) is 1.96. The van der Waals surface area contributed by atoms with Gasteiger partial charge in [0.2, 0.25) is 5.91 Å². The summed E-state index contributed by atoms with van der Waals surface area (Å²) in [5.74, 6) is -2.13. The van der Waals surface area contributed by atoms with E-state index in [1.54, 1.807) is 6.08 Å². The highest BCUT2D eigenvalue weighted by Gasteiger charge is 2.21. The van der Waals surface area contributed by atoms with Gasteiger partial charge in [0, 0.05) is 6.54 Å². The second-order valence-corrected chi connectivity index (χ2v) is 3.65. The molecule has 0 aromatic heterocycles. The predicted octanol–water partition coefficient (Wildman–Crippen LogP) is -0.793. The van der Waals surface area contributed by atoms with E-state index in [0.29, 0.717) is 19.6 Å². The molecule has 0 spiro atoms. The number of carbonyl (C=O) groups is 3. The van der Waals surface area contributed by atoms with Gasteiger partial charge < -0.3 is 26.2 Å². The van der Waals surface area contributed by atoms with Crippen LogP contribution in [-0.2, 0) is 14.3 Å². The maximum atomic E-state index is 11.3. The van der Waals surface area contributed by atoms with Gasteiger partial charge in [0.05, 0.1) is 19.6 Å². The Morgan fingerprint density at radius 3 is 2.58 bits per heavy atom. The number of amides is 3. The van der Waals surface area contributed by atoms with Crippen molar-refractivity contribution in [1.82, 2.24) is 10.6 Å². The van der Waals surface area contributed by atoms with Gasteiger partial charge in [-0.25, -0.2) is 9.59 Å². The van der Waals surface area contributed by atoms with Gasteiger partial charge >= 0.3 is 12.0 Å². The van der Waals surface area contributed by atoms with E-state index in [9.17, 15) is 14.4 Å². The molecular weight excluding hydrogens is 254 g/mol. The Bertz CT molecular complexity index is 332. The standard InChI is InChI=1S/C11H19N3O5/c1-2-3-5-19-6-4-13-11(18)14-8(10(16)17)7-9(12)15/h2,8H,1,3-7H2,(H2,12,15)(H,16,17)(H2,13,14,18). The van der Waals surface area contributed by atoms with E-state index in [0.717, 1.165) is 0 Å². The van der Waals surface area contributed by atoms with Crippen molar-refractivity contribution < 1.29 is 24.2 Å². The van der Waals surface area contributed by atoms with Crippen molar-refractivity contribution in [2.75, 3.05) is 19.8 Å². The van der Waals surface area contributed by atoms with E-state index in [1.807, 2.05) is 0 Å². The van der Waals surface area contributed by atoms with Crippen molar-refractivity contribution in [2.45, 2.75) is 18.9 Å². The van der Waals surface area contributed by atoms with Crippen molar-refractivity contribution in [3.63, 3.8) is 0 Å². The Morgan fingerprint density at radius 2 is 2.05 bits per heavy atom. The molecule has 0 radical (unpaired) electrons. The van der Waals surface area contributed by atoms with E-state index < -0.39 is 30.4 Å². The zero-order chi connectivity index (χ0) is 14.7. The zero-order valence-electron chi connectivity index (χ0n) is 10.6. The van der Waals surface area contributed by atoms with Crippen LogP contribution in [0.25, 0.3) is 0 Å². The molecular formula is C11H19N3O5. The molecule has 0 saturated heterocycles. The van der Waals surface area contributed by atoms with Crippen molar-refractivity contribution in [3.05, 3.63) is 12.7 Å². The lowest BCUT2D eigenvalue weighted by atomic mass is 10.2. The summed E-state index contributed by atoms with van der Waals surface area (Å²) in [6, 6.07) is -2.03. The second-order valence-electron chi connectivity index (χ2n) is 3.65. The molecule has 0 aliphatic heterocycles. The maximum absolute atomic E-state index is 11.3. The summed E-state index contributed by atoms with van der Waals surface area (Å²) in [5.41, 5.74) is 4.87. The highest BCUT2D eigenvalue weighted by molar-refractivity contribution is 5.87. The van der Waals surface area contributed by atoms with Crippen LogP contribution >= 0.6 is 0 Å². The third-order valence-electron chi connectivity index (χ3n) is 2.01. The quantitative estimate of drug-likeness (QED) is 0.306. The average molecular weight is 273 g/mol. The van der Waals surface area contributed by atoms with Crippen molar-refractivity contribution >= 4 is 17.9 Å². The summed E-state index contributed by atoms with van der Waals surface area (Å²) in [5, 5.41) is 13.3. The van der Waals surface area contributed by atoms with Crippen molar-refractivity contribution in [3.8, 4) is 0 Å². The van der Waals surface area contributed by atoms with Crippen LogP contribution in [0.4, 0.5) is 4.79 Å². The molecule has 5 N–H and O–H groups in total. The van der Waals surface area contributed by atoms with Crippen LogP contribution < -0.4 is 16.4 Å². The Kier molecular flexibility index (Phi) is 8.80. The van der Waals surface area contributed by atoms with Crippen LogP contribution in [0.15, 0.2) is 12.7 Å². The summed E-state index contributed by atoms with van der Waals surface area (Å²) in [7, 11) is 0. The summed E-state index contributed by atoms with van der Waals surface area (Å²) >= 11 is 0. The molecule has 19 heavy (non-hydrogen) atoms. The molecule has 0 fully saturated rings. The maximum Gasteiger partial charge on any atom is 0.326 e. The topological polar surface area (TPSA) is 131 Å². The first kappa shape index (κ1) is 16.9. The first-order valence-corrected chi connectivity index (χ1v) is 5.71. The van der Waals surface area contributed by atoms with Gasteiger partial charge in [-0.3, -0.25) is 4.79 Å². The van der Waals surface area contributed by atoms with Gasteiger partial charge in [0.25, 0.3) is 0 Å². The third kappa shape index (κ3) is 9.60. The zero-order valence-corrected chi connectivity index (χ0v) is 10.6. The SMILES string of the molecule is C=CCCOCCNC(=O)NC(CC(N)=O)C(=O)O. The molecule has 0 heterocycles. The molecule has 108 valence electrons. The number of urea groups is 1. The van der Waals surface area contributed by atoms with Crippen LogP contribution in [0.1, 0.15) is 12.8 Å². The van der Waals surface area contributed by atoms with Gasteiger partial charge in [-0.2, -0.15) is 0 Å². The van der Waals surface area contributed by atoms with Crippen molar-refractivity contribution in [1.29, 1.82) is 0 Å². The number of carboxylic acid groups (broad SMARTS) is 1. The number of rotatable bonds is 10. The number of aliphatic carboxylic acids is 1. The molecule has 0 aliphatic carbocycles. The van der Waals surface area contributed by atoms with Crippen LogP contribution in [0.2, 0.25) is 0 Å². The van der Waals surface area contributed by atoms with E-state index in [-0.39, 0.29) is 6.54 Å². The number of nitrogens with one attached hydrogen (secondary N) is 2. The van der Waals surface area contributed by atoms with E-state index in [2.05, 4.69) is 17.2 Å². The fourth-order valence-electron chi connectivity index (χ4n) is 1.12. The Labute approximate surface area is 111 Å². The smallest absolute Gasteiger partial charge is 0.326 e. The van der Waals surface area contributed by atoms with E-state index in [4.69, 9.17) is 15.6 Å². The van der Waals surface area contributed by atoms with Crippen LogP contribution in [0.3, 0.4) is 0 Å². The minimum Gasteiger partial charge on any atom is -0.480 e. The minimum atomic E-state index is -1.33. The molecule has 8 heteroatoms. The molecule has 8 nitrogen and oxygen atoms in total. The number of hydrogen-bond donors (Lipinski definition) is 4. The largest absolute Gasteiger partial charge is 0.480 e. The molecule has 0 aromatic carbocycles. The fourth-order valence-corrected chi connectivity index (χ4v) is 1.12. The minimum absolute atomic E-state index is 0.228. The van der Waals surface area contributed by atoms with Gasteiger partial charge in [-0.05, 0) is 6.42 Å². The molecule has 0 aliphatic rings. The van der Waals surface area contributed by atoms with Crippen molar-refractivity contribution in [2.24, 2.45) is 5.73 Å². The number of hydrogen-bond acceptors (Lipinski definition) is 4. The number of primary amides is 1. The van der Waals surface area contributed by atoms with Gasteiger partial charge in [0.15, 0.2) is 0 Å². The highest BCUT2D eigenvalue weighted by Crippen LogP contribution is 1.91. The van der Waals surface area contributed by atoms with Crippen LogP contribution in [0.5, 0.6) is 0 Å². The van der Waals surface area contributed by atoms with Crippen LogP contribution in [0, 0.1) is 0 Å². The first-order valence-electron chi connectivity index (χ1n) is 5.71. The number of nitrogens with two attached hydrogens (primary N) is 1. The van der Waals surface area contributed by atoms with Gasteiger partial charge in [-0.1, -0.05) is 6.08 Å². The Hall–Kier alpha value is -2.09. The fraction of sp³-hybridized carbons (Fsp3) is 0.545. The number of ether oxygens (including phenoxy) is 1. The number of carboxylic acids is 1. The van der Waals surface area contributed by atoms with E-state index in [1.165, 1.54) is 0 Å². The monoisotopic (exact) mass is 273 g/mol. The average Bonchev–Trinajstić information content (AvgIpc) is 2.32. The van der Waals surface area contributed by atoms with Crippen LogP contribution in [-0.4, -0.2) is 48.8 Å². The lowest BCUT2D eigenvalue weighted by Gasteiger charge is -2.13. The van der Waals surface area contributed by atoms with E-state index >= 15 is 0 Å². The third-order valence-corrected chi connectivity index (χ3v) is 2.01. The van der Waals surface area contributed by atoms with Gasteiger partial charge in [0.1, 0.15) is 6.04 Å². The summed E-state index contributed by atoms with van der Waals surface area (Å²) in [6.45, 7) is 4.56. The molecule has 0 aromatic rings. The Morgan fingerprint density at radius 1 is 1.37 bits per heavy atom. The molecule has 0 saturated carbocycles. The van der Waals surface area contributed by atoms with Gasteiger partial charge in [-0.15, -0.1) is 6.58 Å². The summed E-state index contributed by atoms with van der Waals surface area (Å²) in [4.78, 5) is 32.7. The predicted molar refractivity (Wildman–Crippen MR) is 67.4 cm³/mol. The molecule has 1 unspecified atom stereocenters. The number of carbonyl (C=O) groups excluding carboxylic acids is 2. The molecule has 3 amide bonds. The molecule has 1 atom stereocenters. The second kappa shape index (κ2) is 9.89. The lowest BCUT2D eigenvalue weighted by Crippen LogP contribution is -2.48. The Balaban J connectivity index is 3.84. The first-order chi connectivity index (χ1) is 8.97. The molecule has 0 rings (SSSR count). The highest BCUT2D eigenvalue weighted by atomic mass is 16.5. The summed E-state index contributed by atoms with van der Waals surface area (Å²) < 4.78 is 5.14. The normalized spacial score (nSPS) is 11.4.